The lowest BCUT2D eigenvalue weighted by Crippen LogP contribution is -2.52. The number of piperidine rings is 1. The minimum absolute atomic E-state index is 0.716. The van der Waals surface area contributed by atoms with Gasteiger partial charge >= 0.3 is 0 Å². The summed E-state index contributed by atoms with van der Waals surface area (Å²) in [6.45, 7) is 4.52. The largest absolute Gasteiger partial charge is 0.372 e. The van der Waals surface area contributed by atoms with Crippen LogP contribution < -0.4 is 16.4 Å². The maximum absolute atomic E-state index is 6.64. The van der Waals surface area contributed by atoms with Gasteiger partial charge in [0.25, 0.3) is 0 Å². The number of allylic oxidation sites excluding steroid dienone is 1. The van der Waals surface area contributed by atoms with Gasteiger partial charge in [0.2, 0.25) is 5.79 Å². The fraction of sp³-hybridized carbons (Fsp3) is 0.375. The summed E-state index contributed by atoms with van der Waals surface area (Å²) in [5.74, 6) is -0.0993. The van der Waals surface area contributed by atoms with E-state index in [0.29, 0.717) is 5.02 Å². The molecular weight excluding hydrogens is 394 g/mol. The Bertz CT molecular complexity index is 919. The van der Waals surface area contributed by atoms with E-state index in [1.165, 1.54) is 32.4 Å². The van der Waals surface area contributed by atoms with Crippen molar-refractivity contribution >= 4 is 17.8 Å². The van der Waals surface area contributed by atoms with Crippen molar-refractivity contribution in [3.63, 3.8) is 0 Å². The van der Waals surface area contributed by atoms with Gasteiger partial charge < -0.3 is 15.5 Å². The quantitative estimate of drug-likeness (QED) is 0.587. The van der Waals surface area contributed by atoms with Crippen LogP contribution in [0.1, 0.15) is 31.2 Å². The zero-order valence-electron chi connectivity index (χ0n) is 17.3. The molecule has 2 aliphatic heterocycles. The van der Waals surface area contributed by atoms with Crippen molar-refractivity contribution in [1.29, 1.82) is 0 Å². The maximum atomic E-state index is 6.64. The van der Waals surface area contributed by atoms with Crippen LogP contribution in [0.5, 0.6) is 0 Å². The lowest BCUT2D eigenvalue weighted by molar-refractivity contribution is 0.226. The van der Waals surface area contributed by atoms with Crippen molar-refractivity contribution in [1.82, 2.24) is 15.5 Å². The first-order chi connectivity index (χ1) is 14.6. The van der Waals surface area contributed by atoms with E-state index in [0.717, 1.165) is 42.0 Å². The lowest BCUT2D eigenvalue weighted by Gasteiger charge is -2.32. The second-order valence-corrected chi connectivity index (χ2v) is 8.46. The van der Waals surface area contributed by atoms with E-state index >= 15 is 0 Å². The topological polar surface area (TPSA) is 65.7 Å². The van der Waals surface area contributed by atoms with Gasteiger partial charge in [-0.1, -0.05) is 48.4 Å². The van der Waals surface area contributed by atoms with E-state index in [4.69, 9.17) is 17.3 Å². The number of rotatable bonds is 7. The van der Waals surface area contributed by atoms with Gasteiger partial charge in [0.1, 0.15) is 5.82 Å². The molecule has 158 valence electrons. The maximum Gasteiger partial charge on any atom is 0.210 e. The van der Waals surface area contributed by atoms with Crippen LogP contribution in [0.4, 0.5) is 0 Å². The Hall–Kier alpha value is -2.34. The average molecular weight is 424 g/mol. The van der Waals surface area contributed by atoms with Gasteiger partial charge in [-0.3, -0.25) is 5.73 Å². The van der Waals surface area contributed by atoms with E-state index in [2.05, 4.69) is 32.7 Å². The first-order valence-corrected chi connectivity index (χ1v) is 11.2. The zero-order chi connectivity index (χ0) is 20.8. The lowest BCUT2D eigenvalue weighted by atomic mass is 9.99. The minimum Gasteiger partial charge on any atom is -0.372 e. The molecule has 2 heterocycles. The van der Waals surface area contributed by atoms with Crippen LogP contribution in [0.15, 0.2) is 65.4 Å². The van der Waals surface area contributed by atoms with Crippen molar-refractivity contribution in [3.8, 4) is 11.1 Å². The number of aliphatic imine (C=N–C) groups is 1. The second-order valence-electron chi connectivity index (χ2n) is 8.02. The third-order valence-electron chi connectivity index (χ3n) is 5.72. The summed E-state index contributed by atoms with van der Waals surface area (Å²) in [4.78, 5) is 7.09. The molecule has 0 bridgehead atoms. The molecule has 2 aromatic carbocycles. The first kappa shape index (κ1) is 20.9. The summed E-state index contributed by atoms with van der Waals surface area (Å²) in [5.41, 5.74) is 9.66. The Balaban J connectivity index is 1.37. The van der Waals surface area contributed by atoms with Crippen LogP contribution in [0.2, 0.25) is 5.02 Å². The fourth-order valence-corrected chi connectivity index (χ4v) is 4.26. The Morgan fingerprint density at radius 1 is 1.07 bits per heavy atom. The summed E-state index contributed by atoms with van der Waals surface area (Å²) >= 11 is 6.16. The molecule has 0 aromatic heterocycles. The number of benzene rings is 2. The molecule has 0 amide bonds. The molecule has 0 aliphatic carbocycles. The van der Waals surface area contributed by atoms with E-state index in [1.54, 1.807) is 6.21 Å². The van der Waals surface area contributed by atoms with Gasteiger partial charge in [-0.25, -0.2) is 4.99 Å². The van der Waals surface area contributed by atoms with Crippen molar-refractivity contribution in [2.45, 2.75) is 31.5 Å². The molecular formula is C24H30ClN5. The van der Waals surface area contributed by atoms with Crippen molar-refractivity contribution in [2.24, 2.45) is 10.7 Å². The fourth-order valence-electron chi connectivity index (χ4n) is 4.07. The molecule has 2 aliphatic rings. The van der Waals surface area contributed by atoms with Gasteiger partial charge in [0.05, 0.1) is 0 Å². The molecule has 0 saturated carbocycles. The van der Waals surface area contributed by atoms with E-state index < -0.39 is 5.79 Å². The minimum atomic E-state index is -1.00. The van der Waals surface area contributed by atoms with Gasteiger partial charge in [-0.15, -0.1) is 0 Å². The van der Waals surface area contributed by atoms with Crippen LogP contribution in [0.25, 0.3) is 11.1 Å². The third-order valence-corrected chi connectivity index (χ3v) is 5.96. The van der Waals surface area contributed by atoms with Gasteiger partial charge in [0.15, 0.2) is 0 Å². The molecule has 5 nitrogen and oxygen atoms in total. The predicted octanol–water partition coefficient (Wildman–Crippen LogP) is 4.06. The predicted molar refractivity (Wildman–Crippen MR) is 125 cm³/mol. The Morgan fingerprint density at radius 2 is 1.83 bits per heavy atom. The molecule has 1 saturated heterocycles. The number of halogens is 1. The molecule has 4 N–H and O–H groups in total. The average Bonchev–Trinajstić information content (AvgIpc) is 2.78. The molecule has 1 fully saturated rings. The van der Waals surface area contributed by atoms with E-state index in [9.17, 15) is 0 Å². The highest BCUT2D eigenvalue weighted by atomic mass is 35.5. The number of nitrogens with zero attached hydrogens (tertiary/aromatic N) is 2. The Morgan fingerprint density at radius 3 is 2.63 bits per heavy atom. The van der Waals surface area contributed by atoms with Crippen LogP contribution in [0, 0.1) is 0 Å². The van der Waals surface area contributed by atoms with E-state index in [-0.39, 0.29) is 0 Å². The number of likely N-dealkylation sites (tertiary alicyclic amines) is 1. The monoisotopic (exact) mass is 423 g/mol. The first-order valence-electron chi connectivity index (χ1n) is 10.8. The standard InChI is InChI=1S/C24H30ClN5/c25-22-10-5-8-20(18-22)19-7-4-9-21(17-19)24(26)28-13-11-23(29-24)27-12-6-16-30-14-2-1-3-15-30/h4-5,7-11,13,17-18,27,29H,1-3,6,12,14-16,26H2. The molecule has 4 rings (SSSR count). The highest BCUT2D eigenvalue weighted by Gasteiger charge is 2.28. The molecule has 6 heteroatoms. The molecule has 1 atom stereocenters. The van der Waals surface area contributed by atoms with Gasteiger partial charge in [0, 0.05) is 23.3 Å². The smallest absolute Gasteiger partial charge is 0.210 e. The summed E-state index contributed by atoms with van der Waals surface area (Å²) in [6.07, 6.45) is 8.86. The molecule has 0 spiro atoms. The number of nitrogens with two attached hydrogens (primary N) is 1. The molecule has 0 radical (unpaired) electrons. The summed E-state index contributed by atoms with van der Waals surface area (Å²) in [5, 5.41) is 7.56. The van der Waals surface area contributed by atoms with Crippen molar-refractivity contribution in [2.75, 3.05) is 26.2 Å². The second kappa shape index (κ2) is 9.65. The van der Waals surface area contributed by atoms with Crippen molar-refractivity contribution in [3.05, 3.63) is 71.0 Å². The van der Waals surface area contributed by atoms with Crippen LogP contribution in [-0.2, 0) is 5.79 Å². The van der Waals surface area contributed by atoms with Crippen LogP contribution in [0.3, 0.4) is 0 Å². The van der Waals surface area contributed by atoms with Crippen LogP contribution in [-0.4, -0.2) is 37.3 Å². The number of hydrogen-bond donors (Lipinski definition) is 3. The zero-order valence-corrected chi connectivity index (χ0v) is 18.0. The van der Waals surface area contributed by atoms with Crippen LogP contribution >= 0.6 is 11.6 Å². The van der Waals surface area contributed by atoms with Crippen molar-refractivity contribution < 1.29 is 0 Å². The van der Waals surface area contributed by atoms with E-state index in [1.807, 2.05) is 42.5 Å². The Labute approximate surface area is 184 Å². The Kier molecular flexibility index (Phi) is 6.72. The normalized spacial score (nSPS) is 21.7. The summed E-state index contributed by atoms with van der Waals surface area (Å²) in [7, 11) is 0. The molecule has 30 heavy (non-hydrogen) atoms. The molecule has 2 aromatic rings. The van der Waals surface area contributed by atoms with Gasteiger partial charge in [-0.05, 0) is 74.3 Å². The number of nitrogens with one attached hydrogen (secondary N) is 2. The number of hydrogen-bond acceptors (Lipinski definition) is 5. The SMILES string of the molecule is NC1(c2cccc(-c3cccc(Cl)c3)c2)N=CC=C(NCCCN2CCCCC2)N1. The third kappa shape index (κ3) is 5.22. The molecule has 1 unspecified atom stereocenters. The summed E-state index contributed by atoms with van der Waals surface area (Å²) in [6, 6.07) is 15.9. The highest BCUT2D eigenvalue weighted by molar-refractivity contribution is 6.30. The summed E-state index contributed by atoms with van der Waals surface area (Å²) < 4.78 is 0. The van der Waals surface area contributed by atoms with Gasteiger partial charge in [-0.2, -0.15) is 0 Å². The highest BCUT2D eigenvalue weighted by Crippen LogP contribution is 2.27.